The fraction of sp³-hybridized carbons (Fsp3) is 0.727. The van der Waals surface area contributed by atoms with Crippen LogP contribution in [-0.2, 0) is 14.3 Å². The molecule has 1 rings (SSSR count). The summed E-state index contributed by atoms with van der Waals surface area (Å²) in [4.78, 5) is 40.7. The van der Waals surface area contributed by atoms with E-state index in [4.69, 9.17) is 9.84 Å². The Kier molecular flexibility index (Phi) is 35.5. The average molecular weight is 632 g/mol. The van der Waals surface area contributed by atoms with Gasteiger partial charge in [0.2, 0.25) is 0 Å². The van der Waals surface area contributed by atoms with Gasteiger partial charge in [0.15, 0.2) is 0 Å². The molecule has 0 saturated carbocycles. The molecule has 9 nitrogen and oxygen atoms in total. The van der Waals surface area contributed by atoms with Gasteiger partial charge in [0.05, 0.1) is 4.92 Å². The molecule has 1 aromatic carbocycles. The Hall–Kier alpha value is -2.62. The Labute approximate surface area is 266 Å². The van der Waals surface area contributed by atoms with Crippen molar-refractivity contribution in [3.63, 3.8) is 0 Å². The molecule has 10 heteroatoms. The van der Waals surface area contributed by atoms with Crippen LogP contribution in [0.5, 0.6) is 5.75 Å². The molecule has 0 fully saturated rings. The van der Waals surface area contributed by atoms with Gasteiger partial charge in [-0.1, -0.05) is 79.6 Å². The minimum Gasteiger partial charge on any atom is -0.460 e. The van der Waals surface area contributed by atoms with Crippen LogP contribution in [0.3, 0.4) is 0 Å². The Morgan fingerprint density at radius 3 is 1.56 bits per heavy atom. The van der Waals surface area contributed by atoms with Crippen molar-refractivity contribution >= 4 is 35.4 Å². The summed E-state index contributed by atoms with van der Waals surface area (Å²) in [5.74, 6) is 1.29. The number of ether oxygens (including phenoxy) is 2. The number of carbonyl (C=O) groups is 3. The van der Waals surface area contributed by atoms with E-state index < -0.39 is 11.1 Å². The number of hydrogen-bond donors (Lipinski definition) is 1. The number of nitro benzene ring substituents is 1. The summed E-state index contributed by atoms with van der Waals surface area (Å²) in [5.41, 5.74) is -0.440. The van der Waals surface area contributed by atoms with Crippen LogP contribution >= 0.6 is 11.8 Å². The lowest BCUT2D eigenvalue weighted by atomic mass is 9.94. The molecule has 0 aliphatic heterocycles. The largest absolute Gasteiger partial charge is 0.511 e. The fourth-order valence-electron chi connectivity index (χ4n) is 3.42. The van der Waals surface area contributed by atoms with Crippen LogP contribution in [0.2, 0.25) is 0 Å². The molecule has 43 heavy (non-hydrogen) atoms. The van der Waals surface area contributed by atoms with Gasteiger partial charge in [-0.2, -0.15) is 11.8 Å². The number of ketones is 1. The Morgan fingerprint density at radius 1 is 0.860 bits per heavy atom. The number of carbonyl (C=O) groups excluding carboxylic acids is 2. The second-order valence-corrected chi connectivity index (χ2v) is 11.7. The number of nitro groups is 1. The molecule has 0 amide bonds. The van der Waals surface area contributed by atoms with Crippen LogP contribution < -0.4 is 4.74 Å². The highest BCUT2D eigenvalue weighted by atomic mass is 32.2. The van der Waals surface area contributed by atoms with E-state index in [1.54, 1.807) is 18.7 Å². The topological polar surface area (TPSA) is 133 Å². The number of carboxylic acid groups (broad SMARTS) is 1. The third-order valence-corrected chi connectivity index (χ3v) is 5.10. The molecule has 0 bridgehead atoms. The van der Waals surface area contributed by atoms with E-state index in [0.29, 0.717) is 12.2 Å². The average Bonchev–Trinajstić information content (AvgIpc) is 2.88. The van der Waals surface area contributed by atoms with E-state index in [9.17, 15) is 24.5 Å². The van der Waals surface area contributed by atoms with Gasteiger partial charge in [0, 0.05) is 25.0 Å². The van der Waals surface area contributed by atoms with Crippen molar-refractivity contribution in [2.45, 2.75) is 139 Å². The zero-order valence-electron chi connectivity index (χ0n) is 28.8. The first kappa shape index (κ1) is 47.3. The smallest absolute Gasteiger partial charge is 0.460 e. The number of non-ortho nitro benzene ring substituents is 1. The molecule has 0 heterocycles. The van der Waals surface area contributed by atoms with Crippen molar-refractivity contribution in [3.05, 3.63) is 34.4 Å². The Bertz CT molecular complexity index is 809. The molecule has 0 atom stereocenters. The minimum absolute atomic E-state index is 0.0538. The maximum atomic E-state index is 10.8. The van der Waals surface area contributed by atoms with Gasteiger partial charge < -0.3 is 19.4 Å². The molecular formula is C33H61NO8S. The third kappa shape index (κ3) is 41.6. The summed E-state index contributed by atoms with van der Waals surface area (Å²) < 4.78 is 9.28. The van der Waals surface area contributed by atoms with E-state index in [0.717, 1.165) is 43.7 Å². The number of unbranched alkanes of at least 4 members (excludes halogenated alkanes) is 1. The van der Waals surface area contributed by atoms with Crippen molar-refractivity contribution in [1.29, 1.82) is 0 Å². The molecule has 0 unspecified atom stereocenters. The second-order valence-electron chi connectivity index (χ2n) is 10.9. The first-order chi connectivity index (χ1) is 20.1. The van der Waals surface area contributed by atoms with Crippen molar-refractivity contribution in [2.24, 2.45) is 5.92 Å². The molecular weight excluding hydrogens is 570 g/mol. The van der Waals surface area contributed by atoms with Gasteiger partial charge in [0.25, 0.3) is 5.69 Å². The lowest BCUT2D eigenvalue weighted by molar-refractivity contribution is -0.384. The summed E-state index contributed by atoms with van der Waals surface area (Å²) in [6, 6.07) is 4.76. The summed E-state index contributed by atoms with van der Waals surface area (Å²) in [5, 5.41) is 18.4. The zero-order valence-corrected chi connectivity index (χ0v) is 29.6. The first-order valence-corrected chi connectivity index (χ1v) is 17.0. The number of thioether (sulfide) groups is 1. The van der Waals surface area contributed by atoms with Crippen LogP contribution in [0.15, 0.2) is 24.3 Å². The van der Waals surface area contributed by atoms with Crippen molar-refractivity contribution < 1.29 is 33.9 Å². The maximum absolute atomic E-state index is 10.8. The molecule has 252 valence electrons. The SMILES string of the molecule is CCCC(=O)OC(C)(C)C.CCCC(CCC)CCC.CCCCC(C)=O.CSC.O=C(O)Oc1ccc([N+](=O)[O-])cc1. The van der Waals surface area contributed by atoms with Gasteiger partial charge in [0.1, 0.15) is 17.1 Å². The van der Waals surface area contributed by atoms with E-state index in [1.807, 2.05) is 40.2 Å². The van der Waals surface area contributed by atoms with Crippen LogP contribution in [0.25, 0.3) is 0 Å². The Balaban J connectivity index is -0.000000233. The number of benzene rings is 1. The van der Waals surface area contributed by atoms with Crippen LogP contribution in [-0.4, -0.2) is 46.1 Å². The second kappa shape index (κ2) is 32.3. The lowest BCUT2D eigenvalue weighted by Crippen LogP contribution is -2.23. The summed E-state index contributed by atoms with van der Waals surface area (Å²) in [6.07, 6.45) is 15.4. The van der Waals surface area contributed by atoms with Gasteiger partial charge in [-0.05, 0) is 71.1 Å². The molecule has 0 radical (unpaired) electrons. The summed E-state index contributed by atoms with van der Waals surface area (Å²) >= 11 is 1.75. The van der Waals surface area contributed by atoms with Gasteiger partial charge in [-0.3, -0.25) is 14.9 Å². The number of hydrogen-bond acceptors (Lipinski definition) is 8. The van der Waals surface area contributed by atoms with Crippen molar-refractivity contribution in [2.75, 3.05) is 12.5 Å². The van der Waals surface area contributed by atoms with Crippen LogP contribution in [0.4, 0.5) is 10.5 Å². The van der Waals surface area contributed by atoms with E-state index >= 15 is 0 Å². The number of rotatable bonds is 13. The highest BCUT2D eigenvalue weighted by Gasteiger charge is 2.14. The van der Waals surface area contributed by atoms with Crippen LogP contribution in [0, 0.1) is 16.0 Å². The number of esters is 1. The van der Waals surface area contributed by atoms with Crippen molar-refractivity contribution in [1.82, 2.24) is 0 Å². The van der Waals surface area contributed by atoms with E-state index in [-0.39, 0.29) is 23.0 Å². The third-order valence-electron chi connectivity index (χ3n) is 5.10. The Morgan fingerprint density at radius 2 is 1.30 bits per heavy atom. The van der Waals surface area contributed by atoms with Crippen LogP contribution in [0.1, 0.15) is 133 Å². The molecule has 0 spiro atoms. The zero-order chi connectivity index (χ0) is 34.3. The highest BCUT2D eigenvalue weighted by Crippen LogP contribution is 2.19. The highest BCUT2D eigenvalue weighted by molar-refractivity contribution is 7.97. The van der Waals surface area contributed by atoms with Crippen molar-refractivity contribution in [3.8, 4) is 5.75 Å². The van der Waals surface area contributed by atoms with E-state index in [2.05, 4.69) is 32.4 Å². The summed E-state index contributed by atoms with van der Waals surface area (Å²) in [7, 11) is 0. The maximum Gasteiger partial charge on any atom is 0.511 e. The first-order valence-electron chi connectivity index (χ1n) is 15.3. The molecule has 0 aliphatic carbocycles. The minimum atomic E-state index is -1.45. The molecule has 0 aliphatic rings. The quantitative estimate of drug-likeness (QED) is 0.0976. The number of Topliss-reactive ketones (excluding diaryl/α,β-unsaturated/α-hetero) is 1. The molecule has 1 N–H and O–H groups in total. The van der Waals surface area contributed by atoms with E-state index in [1.165, 1.54) is 50.7 Å². The summed E-state index contributed by atoms with van der Waals surface area (Å²) in [6.45, 7) is 18.2. The lowest BCUT2D eigenvalue weighted by Gasteiger charge is -2.18. The standard InChI is InChI=1S/C10H22.C8H16O2.C7H5NO5.C6H12O.C2H6S/c1-4-7-10(8-5-2)9-6-3;1-5-6-7(9)10-8(2,3)4;9-7(10)13-6-3-1-5(2-4-6)8(11)12;1-3-4-5-6(2)7;1-3-2/h10H,4-9H2,1-3H3;5-6H2,1-4H3;1-4H,(H,9,10);3-5H2,1-2H3;1-2H3. The predicted molar refractivity (Wildman–Crippen MR) is 180 cm³/mol. The molecule has 1 aromatic rings. The molecule has 0 saturated heterocycles. The predicted octanol–water partition coefficient (Wildman–Crippen LogP) is 10.5. The molecule has 0 aromatic heterocycles. The number of nitrogens with zero attached hydrogens (tertiary/aromatic N) is 1. The van der Waals surface area contributed by atoms with Gasteiger partial charge in [-0.25, -0.2) is 4.79 Å². The fourth-order valence-corrected chi connectivity index (χ4v) is 3.42. The van der Waals surface area contributed by atoms with Gasteiger partial charge in [-0.15, -0.1) is 0 Å². The normalized spacial score (nSPS) is 9.77. The monoisotopic (exact) mass is 631 g/mol. The van der Waals surface area contributed by atoms with Gasteiger partial charge >= 0.3 is 12.1 Å².